The van der Waals surface area contributed by atoms with Crippen molar-refractivity contribution < 1.29 is 9.53 Å². The van der Waals surface area contributed by atoms with Crippen molar-refractivity contribution in [3.05, 3.63) is 71.8 Å². The highest BCUT2D eigenvalue weighted by Gasteiger charge is 2.29. The molecule has 2 aromatic rings. The van der Waals surface area contributed by atoms with E-state index in [-0.39, 0.29) is 5.97 Å². The highest BCUT2D eigenvalue weighted by Crippen LogP contribution is 2.18. The number of aliphatic imine (C=N–C) groups is 1. The zero-order chi connectivity index (χ0) is 15.3. The number of benzene rings is 2. The van der Waals surface area contributed by atoms with Crippen LogP contribution in [0.25, 0.3) is 0 Å². The van der Waals surface area contributed by atoms with Gasteiger partial charge >= 0.3 is 5.97 Å². The van der Waals surface area contributed by atoms with Crippen molar-refractivity contribution in [1.82, 2.24) is 0 Å². The Bertz CT molecular complexity index is 589. The molecule has 108 valence electrons. The molecule has 0 atom stereocenters. The summed E-state index contributed by atoms with van der Waals surface area (Å²) < 4.78 is 4.84. The van der Waals surface area contributed by atoms with Gasteiger partial charge in [0.2, 0.25) is 0 Å². The minimum atomic E-state index is -0.935. The molecular weight excluding hydrogens is 262 g/mol. The normalized spacial score (nSPS) is 10.8. The molecule has 0 N–H and O–H groups in total. The Labute approximate surface area is 125 Å². The van der Waals surface area contributed by atoms with Crippen molar-refractivity contribution in [2.24, 2.45) is 4.99 Å². The van der Waals surface area contributed by atoms with Crippen LogP contribution < -0.4 is 0 Å². The quantitative estimate of drug-likeness (QED) is 0.635. The molecule has 3 nitrogen and oxygen atoms in total. The van der Waals surface area contributed by atoms with Crippen LogP contribution in [0.1, 0.15) is 25.0 Å². The molecule has 0 bridgehead atoms. The molecule has 21 heavy (non-hydrogen) atoms. The molecule has 0 amide bonds. The third-order valence-corrected chi connectivity index (χ3v) is 3.17. The van der Waals surface area contributed by atoms with Gasteiger partial charge in [-0.05, 0) is 13.8 Å². The van der Waals surface area contributed by atoms with E-state index in [1.807, 2.05) is 60.7 Å². The summed E-state index contributed by atoms with van der Waals surface area (Å²) in [7, 11) is 1.38. The topological polar surface area (TPSA) is 38.7 Å². The molecule has 0 saturated heterocycles. The van der Waals surface area contributed by atoms with Crippen molar-refractivity contribution in [2.75, 3.05) is 7.11 Å². The summed E-state index contributed by atoms with van der Waals surface area (Å²) in [5.74, 6) is -0.355. The molecule has 2 rings (SSSR count). The highest BCUT2D eigenvalue weighted by atomic mass is 16.5. The predicted molar refractivity (Wildman–Crippen MR) is 84.6 cm³/mol. The van der Waals surface area contributed by atoms with Crippen molar-refractivity contribution in [3.63, 3.8) is 0 Å². The minimum Gasteiger partial charge on any atom is -0.467 e. The van der Waals surface area contributed by atoms with E-state index in [0.29, 0.717) is 0 Å². The largest absolute Gasteiger partial charge is 0.467 e. The third-order valence-electron chi connectivity index (χ3n) is 3.17. The highest BCUT2D eigenvalue weighted by molar-refractivity contribution is 6.13. The van der Waals surface area contributed by atoms with E-state index in [2.05, 4.69) is 4.99 Å². The molecule has 0 aliphatic heterocycles. The Morgan fingerprint density at radius 1 is 0.905 bits per heavy atom. The van der Waals surface area contributed by atoms with Crippen LogP contribution in [-0.2, 0) is 9.53 Å². The molecule has 0 saturated carbocycles. The Morgan fingerprint density at radius 2 is 1.33 bits per heavy atom. The SMILES string of the molecule is COC(=O)C(C)(C)N=C(c1ccccc1)c1ccccc1. The van der Waals surface area contributed by atoms with Crippen LogP contribution >= 0.6 is 0 Å². The van der Waals surface area contributed by atoms with E-state index >= 15 is 0 Å². The van der Waals surface area contributed by atoms with Crippen LogP contribution in [0.5, 0.6) is 0 Å². The Kier molecular flexibility index (Phi) is 4.53. The molecular formula is C18H19NO2. The number of hydrogen-bond acceptors (Lipinski definition) is 3. The van der Waals surface area contributed by atoms with E-state index in [1.165, 1.54) is 7.11 Å². The lowest BCUT2D eigenvalue weighted by Gasteiger charge is -2.19. The molecule has 0 unspecified atom stereocenters. The second-order valence-electron chi connectivity index (χ2n) is 5.24. The standard InChI is InChI=1S/C18H19NO2/c1-18(2,17(20)21-3)19-16(14-10-6-4-7-11-14)15-12-8-5-9-13-15/h4-13H,1-3H3. The van der Waals surface area contributed by atoms with Crippen molar-refractivity contribution >= 4 is 11.7 Å². The lowest BCUT2D eigenvalue weighted by atomic mass is 9.99. The van der Waals surface area contributed by atoms with Crippen LogP contribution in [0, 0.1) is 0 Å². The maximum absolute atomic E-state index is 11.9. The lowest BCUT2D eigenvalue weighted by molar-refractivity contribution is -0.145. The van der Waals surface area contributed by atoms with Gasteiger partial charge in [0.25, 0.3) is 0 Å². The number of nitrogens with zero attached hydrogens (tertiary/aromatic N) is 1. The second kappa shape index (κ2) is 6.35. The Balaban J connectivity index is 2.55. The maximum Gasteiger partial charge on any atom is 0.333 e. The van der Waals surface area contributed by atoms with E-state index < -0.39 is 5.54 Å². The van der Waals surface area contributed by atoms with Crippen LogP contribution in [-0.4, -0.2) is 24.3 Å². The smallest absolute Gasteiger partial charge is 0.333 e. The summed E-state index contributed by atoms with van der Waals surface area (Å²) in [4.78, 5) is 16.6. The summed E-state index contributed by atoms with van der Waals surface area (Å²) in [6, 6.07) is 19.7. The first-order valence-electron chi connectivity index (χ1n) is 6.84. The maximum atomic E-state index is 11.9. The Hall–Kier alpha value is -2.42. The van der Waals surface area contributed by atoms with Gasteiger partial charge in [-0.1, -0.05) is 60.7 Å². The number of methoxy groups -OCH3 is 1. The van der Waals surface area contributed by atoms with Gasteiger partial charge in [-0.2, -0.15) is 0 Å². The zero-order valence-electron chi connectivity index (χ0n) is 12.5. The van der Waals surface area contributed by atoms with Gasteiger partial charge in [0.15, 0.2) is 5.54 Å². The van der Waals surface area contributed by atoms with Gasteiger partial charge in [0.1, 0.15) is 0 Å². The van der Waals surface area contributed by atoms with Crippen LogP contribution in [0.4, 0.5) is 0 Å². The fraction of sp³-hybridized carbons (Fsp3) is 0.222. The fourth-order valence-electron chi connectivity index (χ4n) is 2.06. The average Bonchev–Trinajstić information content (AvgIpc) is 2.53. The van der Waals surface area contributed by atoms with Crippen LogP contribution in [0.3, 0.4) is 0 Å². The van der Waals surface area contributed by atoms with Gasteiger partial charge < -0.3 is 4.74 Å². The predicted octanol–water partition coefficient (Wildman–Crippen LogP) is 3.48. The first-order chi connectivity index (χ1) is 10.0. The molecule has 3 heteroatoms. The molecule has 0 aromatic heterocycles. The molecule has 0 aliphatic rings. The number of ether oxygens (including phenoxy) is 1. The average molecular weight is 281 g/mol. The summed E-state index contributed by atoms with van der Waals surface area (Å²) in [6.45, 7) is 3.51. The number of carbonyl (C=O) groups excluding carboxylic acids is 1. The number of esters is 1. The lowest BCUT2D eigenvalue weighted by Crippen LogP contribution is -2.32. The van der Waals surface area contributed by atoms with Crippen molar-refractivity contribution in [1.29, 1.82) is 0 Å². The molecule has 0 spiro atoms. The van der Waals surface area contributed by atoms with E-state index in [9.17, 15) is 4.79 Å². The van der Waals surface area contributed by atoms with Crippen LogP contribution in [0.2, 0.25) is 0 Å². The van der Waals surface area contributed by atoms with Gasteiger partial charge in [0.05, 0.1) is 12.8 Å². The second-order valence-corrected chi connectivity index (χ2v) is 5.24. The molecule has 2 aromatic carbocycles. The van der Waals surface area contributed by atoms with Crippen LogP contribution in [0.15, 0.2) is 65.7 Å². The van der Waals surface area contributed by atoms with Gasteiger partial charge in [-0.25, -0.2) is 4.79 Å². The number of hydrogen-bond donors (Lipinski definition) is 0. The summed E-state index contributed by atoms with van der Waals surface area (Å²) >= 11 is 0. The summed E-state index contributed by atoms with van der Waals surface area (Å²) in [5, 5.41) is 0. The monoisotopic (exact) mass is 281 g/mol. The van der Waals surface area contributed by atoms with Crippen molar-refractivity contribution in [3.8, 4) is 0 Å². The first-order valence-corrected chi connectivity index (χ1v) is 6.84. The van der Waals surface area contributed by atoms with E-state index in [0.717, 1.165) is 16.8 Å². The molecule has 0 radical (unpaired) electrons. The number of carbonyl (C=O) groups is 1. The molecule has 0 aliphatic carbocycles. The first kappa shape index (κ1) is 15.0. The van der Waals surface area contributed by atoms with E-state index in [4.69, 9.17) is 4.74 Å². The van der Waals surface area contributed by atoms with Gasteiger partial charge in [-0.15, -0.1) is 0 Å². The minimum absolute atomic E-state index is 0.355. The number of rotatable bonds is 4. The van der Waals surface area contributed by atoms with Gasteiger partial charge in [0, 0.05) is 11.1 Å². The van der Waals surface area contributed by atoms with Gasteiger partial charge in [-0.3, -0.25) is 4.99 Å². The fourth-order valence-corrected chi connectivity index (χ4v) is 2.06. The molecule has 0 fully saturated rings. The molecule has 0 heterocycles. The third kappa shape index (κ3) is 3.57. The van der Waals surface area contributed by atoms with E-state index in [1.54, 1.807) is 13.8 Å². The summed E-state index contributed by atoms with van der Waals surface area (Å²) in [6.07, 6.45) is 0. The Morgan fingerprint density at radius 3 is 1.71 bits per heavy atom. The summed E-state index contributed by atoms with van der Waals surface area (Å²) in [5.41, 5.74) is 1.79. The zero-order valence-corrected chi connectivity index (χ0v) is 12.5. The van der Waals surface area contributed by atoms with Crippen molar-refractivity contribution in [2.45, 2.75) is 19.4 Å².